The summed E-state index contributed by atoms with van der Waals surface area (Å²) in [5.41, 5.74) is 1.75. The van der Waals surface area contributed by atoms with Gasteiger partial charge in [0.2, 0.25) is 5.78 Å². The molecule has 21 heavy (non-hydrogen) atoms. The van der Waals surface area contributed by atoms with Gasteiger partial charge in [0, 0.05) is 30.6 Å². The second-order valence-electron chi connectivity index (χ2n) is 5.64. The van der Waals surface area contributed by atoms with E-state index in [1.807, 2.05) is 0 Å². The third-order valence-corrected chi connectivity index (χ3v) is 4.43. The van der Waals surface area contributed by atoms with Crippen LogP contribution in [0.2, 0.25) is 5.02 Å². The van der Waals surface area contributed by atoms with Crippen molar-refractivity contribution in [1.29, 1.82) is 0 Å². The molecule has 3 rings (SSSR count). The lowest BCUT2D eigenvalue weighted by Gasteiger charge is -2.28. The van der Waals surface area contributed by atoms with Crippen LogP contribution in [0, 0.1) is 5.82 Å². The normalized spacial score (nSPS) is 19.2. The number of likely N-dealkylation sites (tertiary alicyclic amines) is 1. The highest BCUT2D eigenvalue weighted by atomic mass is 35.5. The molecule has 0 unspecified atom stereocenters. The minimum absolute atomic E-state index is 0.104. The number of nitrogens with zero attached hydrogens (tertiary/aromatic N) is 2. The maximum Gasteiger partial charge on any atom is 0.212 e. The quantitative estimate of drug-likeness (QED) is 0.792. The Kier molecular flexibility index (Phi) is 4.24. The average molecular weight is 309 g/mol. The molecule has 1 fully saturated rings. The van der Waals surface area contributed by atoms with Crippen molar-refractivity contribution in [3.63, 3.8) is 0 Å². The van der Waals surface area contributed by atoms with Crippen molar-refractivity contribution in [3.05, 3.63) is 40.1 Å². The summed E-state index contributed by atoms with van der Waals surface area (Å²) in [6.07, 6.45) is 7.37. The molecule has 0 radical (unpaired) electrons. The molecule has 0 N–H and O–H groups in total. The Morgan fingerprint density at radius 1 is 1.19 bits per heavy atom. The zero-order valence-electron chi connectivity index (χ0n) is 11.9. The van der Waals surface area contributed by atoms with Gasteiger partial charge in [0.05, 0.1) is 5.02 Å². The molecule has 2 heterocycles. The first-order chi connectivity index (χ1) is 10.2. The molecule has 5 heteroatoms. The van der Waals surface area contributed by atoms with Crippen LogP contribution in [0.5, 0.6) is 0 Å². The van der Waals surface area contributed by atoms with Gasteiger partial charge >= 0.3 is 0 Å². The molecule has 2 aliphatic rings. The molecule has 1 aromatic rings. The van der Waals surface area contributed by atoms with Gasteiger partial charge in [-0.2, -0.15) is 0 Å². The first-order valence-electron chi connectivity index (χ1n) is 7.49. The predicted molar refractivity (Wildman–Crippen MR) is 79.8 cm³/mol. The number of halogens is 2. The molecule has 0 spiro atoms. The standard InChI is InChI=1S/C16H18ClFN2O/c17-11-9-13(18)15(19-10-11)16(21)12-5-1-2-6-14(12)20-7-3-4-8-20/h9-10H,1-8H2. The molecule has 0 aromatic carbocycles. The number of ketones is 1. The van der Waals surface area contributed by atoms with Crippen molar-refractivity contribution in [3.8, 4) is 0 Å². The van der Waals surface area contributed by atoms with Crippen LogP contribution in [0.25, 0.3) is 0 Å². The maximum absolute atomic E-state index is 14.0. The van der Waals surface area contributed by atoms with Crippen LogP contribution < -0.4 is 0 Å². The van der Waals surface area contributed by atoms with E-state index < -0.39 is 5.82 Å². The Bertz CT molecular complexity index is 594. The number of aromatic nitrogens is 1. The Balaban J connectivity index is 1.96. The highest BCUT2D eigenvalue weighted by Crippen LogP contribution is 2.32. The summed E-state index contributed by atoms with van der Waals surface area (Å²) >= 11 is 5.71. The lowest BCUT2D eigenvalue weighted by Crippen LogP contribution is -2.25. The SMILES string of the molecule is O=C(C1=C(N2CCCC2)CCCC1)c1ncc(Cl)cc1F. The minimum Gasteiger partial charge on any atom is -0.374 e. The second kappa shape index (κ2) is 6.14. The number of carbonyl (C=O) groups excluding carboxylic acids is 1. The number of hydrogen-bond donors (Lipinski definition) is 0. The fraction of sp³-hybridized carbons (Fsp3) is 0.500. The number of pyridine rings is 1. The lowest BCUT2D eigenvalue weighted by molar-refractivity contribution is 0.101. The number of Topliss-reactive ketones (excluding diaryl/α,β-unsaturated/α-hetero) is 1. The molecule has 0 saturated carbocycles. The first kappa shape index (κ1) is 14.5. The van der Waals surface area contributed by atoms with E-state index in [0.29, 0.717) is 6.42 Å². The van der Waals surface area contributed by atoms with E-state index in [9.17, 15) is 9.18 Å². The van der Waals surface area contributed by atoms with E-state index in [1.165, 1.54) is 19.0 Å². The van der Waals surface area contributed by atoms with Crippen LogP contribution >= 0.6 is 11.6 Å². The van der Waals surface area contributed by atoms with Crippen LogP contribution in [0.15, 0.2) is 23.5 Å². The third kappa shape index (κ3) is 2.95. The van der Waals surface area contributed by atoms with Crippen molar-refractivity contribution in [1.82, 2.24) is 9.88 Å². The first-order valence-corrected chi connectivity index (χ1v) is 7.87. The Morgan fingerprint density at radius 2 is 1.90 bits per heavy atom. The van der Waals surface area contributed by atoms with Gasteiger partial charge in [0.1, 0.15) is 5.69 Å². The highest BCUT2D eigenvalue weighted by Gasteiger charge is 2.27. The predicted octanol–water partition coefficient (Wildman–Crippen LogP) is 3.98. The largest absolute Gasteiger partial charge is 0.374 e. The number of hydrogen-bond acceptors (Lipinski definition) is 3. The minimum atomic E-state index is -0.633. The Morgan fingerprint density at radius 3 is 2.62 bits per heavy atom. The van der Waals surface area contributed by atoms with Gasteiger partial charge in [0.25, 0.3) is 0 Å². The second-order valence-corrected chi connectivity index (χ2v) is 6.08. The molecule has 1 aliphatic carbocycles. The monoisotopic (exact) mass is 308 g/mol. The summed E-state index contributed by atoms with van der Waals surface area (Å²) in [5.74, 6) is -0.905. The number of allylic oxidation sites excluding steroid dienone is 2. The summed E-state index contributed by atoms with van der Waals surface area (Å²) in [5, 5.41) is 0.210. The van der Waals surface area contributed by atoms with E-state index in [-0.39, 0.29) is 16.5 Å². The molecule has 1 saturated heterocycles. The molecular weight excluding hydrogens is 291 g/mol. The van der Waals surface area contributed by atoms with Gasteiger partial charge in [0.15, 0.2) is 5.82 Å². The lowest BCUT2D eigenvalue weighted by atomic mass is 9.91. The molecule has 0 amide bonds. The van der Waals surface area contributed by atoms with Crippen LogP contribution in [0.1, 0.15) is 49.0 Å². The summed E-state index contributed by atoms with van der Waals surface area (Å²) < 4.78 is 14.0. The number of rotatable bonds is 3. The summed E-state index contributed by atoms with van der Waals surface area (Å²) in [6.45, 7) is 2.01. The molecule has 1 aromatic heterocycles. The molecule has 0 atom stereocenters. The summed E-state index contributed by atoms with van der Waals surface area (Å²) in [7, 11) is 0. The van der Waals surface area contributed by atoms with E-state index in [2.05, 4.69) is 9.88 Å². The van der Waals surface area contributed by atoms with Gasteiger partial charge < -0.3 is 4.90 Å². The average Bonchev–Trinajstić information content (AvgIpc) is 3.01. The van der Waals surface area contributed by atoms with Crippen molar-refractivity contribution < 1.29 is 9.18 Å². The molecule has 112 valence electrons. The highest BCUT2D eigenvalue weighted by molar-refractivity contribution is 6.30. The van der Waals surface area contributed by atoms with Crippen LogP contribution in [0.4, 0.5) is 4.39 Å². The number of carbonyl (C=O) groups is 1. The summed E-state index contributed by atoms with van der Waals surface area (Å²) in [6, 6.07) is 1.15. The summed E-state index contributed by atoms with van der Waals surface area (Å²) in [4.78, 5) is 18.9. The van der Waals surface area contributed by atoms with Gasteiger partial charge in [-0.25, -0.2) is 9.37 Å². The van der Waals surface area contributed by atoms with Crippen molar-refractivity contribution in [2.24, 2.45) is 0 Å². The van der Waals surface area contributed by atoms with Gasteiger partial charge in [-0.3, -0.25) is 4.79 Å². The Labute approximate surface area is 128 Å². The van der Waals surface area contributed by atoms with Gasteiger partial charge in [-0.1, -0.05) is 11.6 Å². The van der Waals surface area contributed by atoms with Gasteiger partial charge in [-0.15, -0.1) is 0 Å². The van der Waals surface area contributed by atoms with Gasteiger partial charge in [-0.05, 0) is 44.6 Å². The smallest absolute Gasteiger partial charge is 0.212 e. The van der Waals surface area contributed by atoms with Crippen molar-refractivity contribution in [2.45, 2.75) is 38.5 Å². The van der Waals surface area contributed by atoms with Crippen LogP contribution in [-0.2, 0) is 0 Å². The van der Waals surface area contributed by atoms with E-state index in [1.54, 1.807) is 0 Å². The maximum atomic E-state index is 14.0. The molecule has 1 aliphatic heterocycles. The van der Waals surface area contributed by atoms with E-state index in [4.69, 9.17) is 11.6 Å². The van der Waals surface area contributed by atoms with Crippen molar-refractivity contribution in [2.75, 3.05) is 13.1 Å². The Hall–Kier alpha value is -1.42. The van der Waals surface area contributed by atoms with Crippen molar-refractivity contribution >= 4 is 17.4 Å². The molecule has 0 bridgehead atoms. The third-order valence-electron chi connectivity index (χ3n) is 4.22. The topological polar surface area (TPSA) is 33.2 Å². The molecule has 3 nitrogen and oxygen atoms in total. The van der Waals surface area contributed by atoms with E-state index >= 15 is 0 Å². The fourth-order valence-corrected chi connectivity index (χ4v) is 3.34. The molecular formula is C16H18ClFN2O. The van der Waals surface area contributed by atoms with Crippen LogP contribution in [-0.4, -0.2) is 28.8 Å². The fourth-order valence-electron chi connectivity index (χ4n) is 3.19. The zero-order chi connectivity index (χ0) is 14.8. The zero-order valence-corrected chi connectivity index (χ0v) is 12.6. The van der Waals surface area contributed by atoms with Crippen LogP contribution in [0.3, 0.4) is 0 Å². The van der Waals surface area contributed by atoms with E-state index in [0.717, 1.165) is 49.7 Å².